The lowest BCUT2D eigenvalue weighted by atomic mass is 10.1. The normalized spacial score (nSPS) is 10.9. The van der Waals surface area contributed by atoms with Gasteiger partial charge in [0.15, 0.2) is 0 Å². The molecule has 0 aromatic heterocycles. The first-order valence-corrected chi connectivity index (χ1v) is 10.0. The second kappa shape index (κ2) is 10.2. The van der Waals surface area contributed by atoms with Gasteiger partial charge in [-0.25, -0.2) is 0 Å². The first-order chi connectivity index (χ1) is 14.0. The van der Waals surface area contributed by atoms with Crippen LogP contribution in [0, 0.1) is 0 Å². The zero-order valence-electron chi connectivity index (χ0n) is 16.6. The van der Waals surface area contributed by atoms with Crippen LogP contribution in [-0.4, -0.2) is 10.8 Å². The molecule has 3 aromatic carbocycles. The number of nitrogens with zero attached hydrogens (tertiary/aromatic N) is 1. The van der Waals surface area contributed by atoms with Crippen LogP contribution in [0.5, 0.6) is 0 Å². The molecule has 3 N–H and O–H groups in total. The number of halogens is 1. The summed E-state index contributed by atoms with van der Waals surface area (Å²) in [5.41, 5.74) is 11.2. The van der Waals surface area contributed by atoms with Crippen LogP contribution in [0.25, 0.3) is 0 Å². The maximum absolute atomic E-state index is 11.2. The van der Waals surface area contributed by atoms with Crippen molar-refractivity contribution in [2.45, 2.75) is 33.1 Å². The fourth-order valence-electron chi connectivity index (χ4n) is 3.26. The van der Waals surface area contributed by atoms with Gasteiger partial charge in [-0.2, -0.15) is 0 Å². The Balaban J connectivity index is 1.76. The third-order valence-corrected chi connectivity index (χ3v) is 4.88. The number of carbonyl (C=O) groups is 1. The molecule has 0 saturated carbocycles. The molecule has 1 amide bonds. The smallest absolute Gasteiger partial charge is 0.221 e. The summed E-state index contributed by atoms with van der Waals surface area (Å²) in [5, 5.41) is 3.55. The Morgan fingerprint density at radius 2 is 1.41 bits per heavy atom. The van der Waals surface area contributed by atoms with Gasteiger partial charge >= 0.3 is 0 Å². The van der Waals surface area contributed by atoms with Crippen molar-refractivity contribution in [3.63, 3.8) is 0 Å². The van der Waals surface area contributed by atoms with Gasteiger partial charge in [0.25, 0.3) is 0 Å². The zero-order chi connectivity index (χ0) is 20.6. The van der Waals surface area contributed by atoms with Crippen LogP contribution in [0.3, 0.4) is 0 Å². The van der Waals surface area contributed by atoms with E-state index < -0.39 is 0 Å². The van der Waals surface area contributed by atoms with Crippen LogP contribution in [0.1, 0.15) is 29.2 Å². The minimum atomic E-state index is -0.0683. The zero-order valence-corrected chi connectivity index (χ0v) is 17.3. The average Bonchev–Trinajstić information content (AvgIpc) is 2.70. The standard InChI is InChI=1S/C24H26ClN3O/c1-18(29)27-24-11-9-21(10-12-24)16-28(17-22-3-2-4-23(25)13-22)15-20-7-5-19(14-26)6-8-20/h2-13H,14-17,26H2,1H3,(H,27,29). The van der Waals surface area contributed by atoms with Crippen molar-refractivity contribution in [1.29, 1.82) is 0 Å². The maximum Gasteiger partial charge on any atom is 0.221 e. The van der Waals surface area contributed by atoms with Gasteiger partial charge in [-0.1, -0.05) is 60.1 Å². The first-order valence-electron chi connectivity index (χ1n) is 9.63. The predicted molar refractivity (Wildman–Crippen MR) is 119 cm³/mol. The number of benzene rings is 3. The molecule has 0 atom stereocenters. The van der Waals surface area contributed by atoms with Gasteiger partial charge in [0, 0.05) is 43.8 Å². The summed E-state index contributed by atoms with van der Waals surface area (Å²) in [4.78, 5) is 13.6. The molecule has 4 nitrogen and oxygen atoms in total. The van der Waals surface area contributed by atoms with E-state index in [-0.39, 0.29) is 5.91 Å². The van der Waals surface area contributed by atoms with Crippen LogP contribution in [0.15, 0.2) is 72.8 Å². The van der Waals surface area contributed by atoms with E-state index >= 15 is 0 Å². The average molecular weight is 408 g/mol. The molecule has 0 aliphatic rings. The van der Waals surface area contributed by atoms with Gasteiger partial charge in [0.2, 0.25) is 5.91 Å². The van der Waals surface area contributed by atoms with Crippen LogP contribution < -0.4 is 11.1 Å². The van der Waals surface area contributed by atoms with E-state index in [2.05, 4.69) is 40.5 Å². The van der Waals surface area contributed by atoms with E-state index in [1.807, 2.05) is 42.5 Å². The van der Waals surface area contributed by atoms with Crippen molar-refractivity contribution in [1.82, 2.24) is 4.90 Å². The van der Waals surface area contributed by atoms with Gasteiger partial charge in [-0.3, -0.25) is 9.69 Å². The molecule has 150 valence electrons. The van der Waals surface area contributed by atoms with E-state index in [9.17, 15) is 4.79 Å². The third-order valence-electron chi connectivity index (χ3n) is 4.64. The maximum atomic E-state index is 11.2. The summed E-state index contributed by atoms with van der Waals surface area (Å²) in [6.45, 7) is 4.44. The van der Waals surface area contributed by atoms with E-state index in [0.717, 1.165) is 35.9 Å². The van der Waals surface area contributed by atoms with Gasteiger partial charge < -0.3 is 11.1 Å². The number of carbonyl (C=O) groups excluding carboxylic acids is 1. The predicted octanol–water partition coefficient (Wildman–Crippen LogP) is 4.96. The van der Waals surface area contributed by atoms with Crippen LogP contribution in [-0.2, 0) is 31.0 Å². The van der Waals surface area contributed by atoms with Crippen LogP contribution >= 0.6 is 11.6 Å². The van der Waals surface area contributed by atoms with Gasteiger partial charge in [-0.15, -0.1) is 0 Å². The van der Waals surface area contributed by atoms with E-state index in [1.54, 1.807) is 0 Å². The van der Waals surface area contributed by atoms with Crippen molar-refractivity contribution < 1.29 is 4.79 Å². The molecule has 0 radical (unpaired) electrons. The molecule has 0 spiro atoms. The SMILES string of the molecule is CC(=O)Nc1ccc(CN(Cc2ccc(CN)cc2)Cc2cccc(Cl)c2)cc1. The van der Waals surface area contributed by atoms with Gasteiger partial charge in [-0.05, 0) is 46.5 Å². The van der Waals surface area contributed by atoms with Crippen molar-refractivity contribution in [2.75, 3.05) is 5.32 Å². The van der Waals surface area contributed by atoms with Crippen molar-refractivity contribution >= 4 is 23.2 Å². The molecule has 0 unspecified atom stereocenters. The summed E-state index contributed by atoms with van der Waals surface area (Å²) in [6, 6.07) is 24.4. The molecular weight excluding hydrogens is 382 g/mol. The molecule has 3 rings (SSSR count). The number of amides is 1. The molecule has 0 aliphatic heterocycles. The molecule has 0 bridgehead atoms. The molecule has 0 saturated heterocycles. The van der Waals surface area contributed by atoms with Crippen LogP contribution in [0.4, 0.5) is 5.69 Å². The summed E-state index contributed by atoms with van der Waals surface area (Å²) < 4.78 is 0. The highest BCUT2D eigenvalue weighted by atomic mass is 35.5. The van der Waals surface area contributed by atoms with Gasteiger partial charge in [0.05, 0.1) is 0 Å². The lowest BCUT2D eigenvalue weighted by molar-refractivity contribution is -0.114. The Bertz CT molecular complexity index is 939. The Hall–Kier alpha value is -2.66. The number of anilines is 1. The molecular formula is C24H26ClN3O. The molecule has 5 heteroatoms. The number of nitrogens with one attached hydrogen (secondary N) is 1. The Kier molecular flexibility index (Phi) is 7.42. The Morgan fingerprint density at radius 3 is 1.97 bits per heavy atom. The highest BCUT2D eigenvalue weighted by Crippen LogP contribution is 2.18. The highest BCUT2D eigenvalue weighted by molar-refractivity contribution is 6.30. The molecule has 0 heterocycles. The first kappa shape index (κ1) is 21.1. The lowest BCUT2D eigenvalue weighted by Gasteiger charge is -2.23. The van der Waals surface area contributed by atoms with Crippen molar-refractivity contribution in [2.24, 2.45) is 5.73 Å². The number of hydrogen-bond donors (Lipinski definition) is 2. The summed E-state index contributed by atoms with van der Waals surface area (Å²) in [5.74, 6) is -0.0683. The fraction of sp³-hybridized carbons (Fsp3) is 0.208. The molecule has 0 fully saturated rings. The number of rotatable bonds is 8. The minimum Gasteiger partial charge on any atom is -0.326 e. The largest absolute Gasteiger partial charge is 0.326 e. The summed E-state index contributed by atoms with van der Waals surface area (Å²) in [7, 11) is 0. The Morgan fingerprint density at radius 1 is 0.862 bits per heavy atom. The van der Waals surface area contributed by atoms with Crippen molar-refractivity contribution in [3.8, 4) is 0 Å². The lowest BCUT2D eigenvalue weighted by Crippen LogP contribution is -2.22. The monoisotopic (exact) mass is 407 g/mol. The summed E-state index contributed by atoms with van der Waals surface area (Å²) in [6.07, 6.45) is 0. The second-order valence-electron chi connectivity index (χ2n) is 7.17. The quantitative estimate of drug-likeness (QED) is 0.554. The summed E-state index contributed by atoms with van der Waals surface area (Å²) >= 11 is 6.18. The van der Waals surface area contributed by atoms with E-state index in [1.165, 1.54) is 23.6 Å². The molecule has 3 aromatic rings. The van der Waals surface area contributed by atoms with E-state index in [0.29, 0.717) is 6.54 Å². The van der Waals surface area contributed by atoms with Crippen LogP contribution in [0.2, 0.25) is 5.02 Å². The molecule has 0 aliphatic carbocycles. The van der Waals surface area contributed by atoms with Gasteiger partial charge in [0.1, 0.15) is 0 Å². The highest BCUT2D eigenvalue weighted by Gasteiger charge is 2.10. The Labute approximate surface area is 177 Å². The third kappa shape index (κ3) is 6.71. The fourth-order valence-corrected chi connectivity index (χ4v) is 3.47. The second-order valence-corrected chi connectivity index (χ2v) is 7.61. The minimum absolute atomic E-state index is 0.0683. The van der Waals surface area contributed by atoms with Crippen molar-refractivity contribution in [3.05, 3.63) is 100 Å². The van der Waals surface area contributed by atoms with E-state index in [4.69, 9.17) is 17.3 Å². The topological polar surface area (TPSA) is 58.4 Å². The number of hydrogen-bond acceptors (Lipinski definition) is 3. The molecule has 29 heavy (non-hydrogen) atoms. The number of nitrogens with two attached hydrogens (primary N) is 1.